The summed E-state index contributed by atoms with van der Waals surface area (Å²) in [5, 5.41) is 4.71. The molecule has 0 radical (unpaired) electrons. The molecule has 2 aromatic rings. The van der Waals surface area contributed by atoms with Gasteiger partial charge < -0.3 is 14.4 Å². The van der Waals surface area contributed by atoms with Gasteiger partial charge in [0, 0.05) is 47.0 Å². The summed E-state index contributed by atoms with van der Waals surface area (Å²) < 4.78 is 15.6. The predicted octanol–water partition coefficient (Wildman–Crippen LogP) is 7.06. The van der Waals surface area contributed by atoms with Crippen LogP contribution in [-0.4, -0.2) is 57.4 Å². The lowest BCUT2D eigenvalue weighted by atomic mass is 9.79. The lowest BCUT2D eigenvalue weighted by Crippen LogP contribution is -2.33. The van der Waals surface area contributed by atoms with E-state index in [9.17, 15) is 0 Å². The van der Waals surface area contributed by atoms with E-state index in [1.807, 2.05) is 10.7 Å². The second-order valence-corrected chi connectivity index (χ2v) is 25.6. The Morgan fingerprint density at radius 2 is 1.51 bits per heavy atom. The summed E-state index contributed by atoms with van der Waals surface area (Å²) in [7, 11) is -2.28. The largest absolute Gasteiger partial charge is 0.361 e. The molecule has 6 nitrogen and oxygen atoms in total. The molecule has 2 aliphatic rings. The second-order valence-electron chi connectivity index (χ2n) is 13.2. The second kappa shape index (κ2) is 11.5. The summed E-state index contributed by atoms with van der Waals surface area (Å²) in [5.74, 6) is 3.37. The molecular formula is C26H45IN4O2Si2. The van der Waals surface area contributed by atoms with E-state index in [-0.39, 0.29) is 0 Å². The van der Waals surface area contributed by atoms with E-state index in [2.05, 4.69) is 72.8 Å². The Morgan fingerprint density at radius 1 is 0.943 bits per heavy atom. The first-order chi connectivity index (χ1) is 16.5. The highest BCUT2D eigenvalue weighted by Crippen LogP contribution is 2.48. The van der Waals surface area contributed by atoms with Crippen molar-refractivity contribution in [2.24, 2.45) is 11.8 Å². The Bertz CT molecular complexity index is 954. The highest BCUT2D eigenvalue weighted by molar-refractivity contribution is 14.1. The number of halogens is 1. The standard InChI is InChI=1S/C26H45IN4O2Si2/c1-34(2,3)11-9-32-18-30(19-33-10-12-35(4,5)6)25-16-24(29-26-23(27)17-28-31(25)26)22-14-20-7-8-21(13-20)15-22/h16-17,20-22H,7-15,18-19H2,1-6H3. The third-order valence-corrected chi connectivity index (χ3v) is 11.7. The van der Waals surface area contributed by atoms with Crippen molar-refractivity contribution >= 4 is 50.2 Å². The fourth-order valence-corrected chi connectivity index (χ4v) is 7.38. The molecular weight excluding hydrogens is 583 g/mol. The monoisotopic (exact) mass is 628 g/mol. The van der Waals surface area contributed by atoms with Crippen LogP contribution in [0.5, 0.6) is 0 Å². The molecule has 2 unspecified atom stereocenters. The van der Waals surface area contributed by atoms with Crippen molar-refractivity contribution in [2.75, 3.05) is 31.6 Å². The lowest BCUT2D eigenvalue weighted by Gasteiger charge is -2.30. The summed E-state index contributed by atoms with van der Waals surface area (Å²) in [6.07, 6.45) is 8.73. The number of aromatic nitrogens is 3. The van der Waals surface area contributed by atoms with Crippen molar-refractivity contribution in [3.05, 3.63) is 21.5 Å². The minimum Gasteiger partial charge on any atom is -0.361 e. The number of anilines is 1. The van der Waals surface area contributed by atoms with Crippen molar-refractivity contribution in [3.63, 3.8) is 0 Å². The third-order valence-electron chi connectivity index (χ3n) is 7.54. The van der Waals surface area contributed by atoms with E-state index in [4.69, 9.17) is 19.6 Å². The van der Waals surface area contributed by atoms with E-state index in [0.717, 1.165) is 40.1 Å². The highest BCUT2D eigenvalue weighted by Gasteiger charge is 2.36. The minimum atomic E-state index is -1.14. The molecule has 2 aliphatic carbocycles. The van der Waals surface area contributed by atoms with Crippen LogP contribution < -0.4 is 4.90 Å². The van der Waals surface area contributed by atoms with Crippen LogP contribution in [0.1, 0.15) is 43.7 Å². The van der Waals surface area contributed by atoms with Gasteiger partial charge in [0.05, 0.1) is 9.77 Å². The van der Waals surface area contributed by atoms with Crippen LogP contribution in [-0.2, 0) is 9.47 Å². The first kappa shape index (κ1) is 27.5. The number of fused-ring (bicyclic) bond motifs is 3. The fraction of sp³-hybridized carbons (Fsp3) is 0.769. The van der Waals surface area contributed by atoms with Gasteiger partial charge in [0.2, 0.25) is 0 Å². The Labute approximate surface area is 227 Å². The molecule has 0 saturated heterocycles. The van der Waals surface area contributed by atoms with Crippen molar-refractivity contribution in [2.45, 2.75) is 89.4 Å². The van der Waals surface area contributed by atoms with E-state index in [1.54, 1.807) is 0 Å². The molecule has 0 aromatic carbocycles. The zero-order valence-corrected chi connectivity index (χ0v) is 26.8. The zero-order valence-electron chi connectivity index (χ0n) is 22.6. The van der Waals surface area contributed by atoms with Gasteiger partial charge in [0.25, 0.3) is 0 Å². The van der Waals surface area contributed by atoms with Crippen LogP contribution in [0.3, 0.4) is 0 Å². The molecule has 2 fully saturated rings. The van der Waals surface area contributed by atoms with Crippen LogP contribution in [0.4, 0.5) is 5.82 Å². The van der Waals surface area contributed by atoms with Gasteiger partial charge in [-0.15, -0.1) is 0 Å². The number of nitrogens with zero attached hydrogens (tertiary/aromatic N) is 4. The maximum Gasteiger partial charge on any atom is 0.171 e. The smallest absolute Gasteiger partial charge is 0.171 e. The average molecular weight is 629 g/mol. The van der Waals surface area contributed by atoms with Gasteiger partial charge in [-0.25, -0.2) is 4.98 Å². The number of hydrogen-bond acceptors (Lipinski definition) is 5. The first-order valence-corrected chi connectivity index (χ1v) is 21.9. The van der Waals surface area contributed by atoms with Crippen LogP contribution in [0.15, 0.2) is 12.3 Å². The SMILES string of the molecule is C[Si](C)(C)CCOCN(COCC[Si](C)(C)C)c1cc(C2CC3CCC(C3)C2)nc2c(I)cnn12. The van der Waals surface area contributed by atoms with Gasteiger partial charge in [-0.05, 0) is 65.8 Å². The Morgan fingerprint density at radius 3 is 2.06 bits per heavy atom. The Hall–Kier alpha value is -0.496. The Kier molecular flexibility index (Phi) is 9.04. The molecule has 2 aromatic heterocycles. The zero-order chi connectivity index (χ0) is 25.2. The summed E-state index contributed by atoms with van der Waals surface area (Å²) >= 11 is 2.37. The summed E-state index contributed by atoms with van der Waals surface area (Å²) in [6, 6.07) is 4.62. The molecule has 9 heteroatoms. The molecule has 4 rings (SSSR count). The quantitative estimate of drug-likeness (QED) is 0.109. The van der Waals surface area contributed by atoms with Gasteiger partial charge in [-0.2, -0.15) is 9.61 Å². The molecule has 0 N–H and O–H groups in total. The molecule has 2 heterocycles. The maximum absolute atomic E-state index is 6.24. The van der Waals surface area contributed by atoms with Gasteiger partial charge >= 0.3 is 0 Å². The summed E-state index contributed by atoms with van der Waals surface area (Å²) in [6.45, 7) is 17.0. The van der Waals surface area contributed by atoms with Gasteiger partial charge in [0.15, 0.2) is 5.65 Å². The summed E-state index contributed by atoms with van der Waals surface area (Å²) in [5.41, 5.74) is 2.20. The number of hydrogen-bond donors (Lipinski definition) is 0. The van der Waals surface area contributed by atoms with E-state index >= 15 is 0 Å². The molecule has 0 amide bonds. The lowest BCUT2D eigenvalue weighted by molar-refractivity contribution is 0.0942. The van der Waals surface area contributed by atoms with Crippen LogP contribution in [0.25, 0.3) is 5.65 Å². The van der Waals surface area contributed by atoms with Crippen molar-refractivity contribution in [1.82, 2.24) is 14.6 Å². The normalized spacial score (nSPS) is 22.8. The average Bonchev–Trinajstić information content (AvgIpc) is 3.31. The van der Waals surface area contributed by atoms with Crippen molar-refractivity contribution < 1.29 is 9.47 Å². The molecule has 2 bridgehead atoms. The van der Waals surface area contributed by atoms with Crippen molar-refractivity contribution in [3.8, 4) is 0 Å². The van der Waals surface area contributed by atoms with Gasteiger partial charge in [0.1, 0.15) is 19.3 Å². The van der Waals surface area contributed by atoms with E-state index in [1.165, 1.54) is 49.9 Å². The van der Waals surface area contributed by atoms with Gasteiger partial charge in [-0.1, -0.05) is 52.1 Å². The van der Waals surface area contributed by atoms with Crippen molar-refractivity contribution in [1.29, 1.82) is 0 Å². The minimum absolute atomic E-state index is 0.516. The molecule has 0 aliphatic heterocycles. The maximum atomic E-state index is 6.24. The molecule has 196 valence electrons. The van der Waals surface area contributed by atoms with Crippen LogP contribution >= 0.6 is 22.6 Å². The van der Waals surface area contributed by atoms with Crippen LogP contribution in [0, 0.1) is 15.4 Å². The predicted molar refractivity (Wildman–Crippen MR) is 159 cm³/mol. The molecule has 0 spiro atoms. The highest BCUT2D eigenvalue weighted by atomic mass is 127. The van der Waals surface area contributed by atoms with Crippen LogP contribution in [0.2, 0.25) is 51.4 Å². The first-order valence-electron chi connectivity index (χ1n) is 13.4. The van der Waals surface area contributed by atoms with E-state index in [0.29, 0.717) is 19.4 Å². The molecule has 35 heavy (non-hydrogen) atoms. The number of ether oxygens (including phenoxy) is 2. The topological polar surface area (TPSA) is 51.9 Å². The molecule has 2 saturated carbocycles. The fourth-order valence-electron chi connectivity index (χ4n) is 5.40. The molecule has 2 atom stereocenters. The Balaban J connectivity index is 1.57. The van der Waals surface area contributed by atoms with E-state index < -0.39 is 16.1 Å². The summed E-state index contributed by atoms with van der Waals surface area (Å²) in [4.78, 5) is 7.38. The van der Waals surface area contributed by atoms with Gasteiger partial charge in [-0.3, -0.25) is 0 Å². The third kappa shape index (κ3) is 7.75. The number of rotatable bonds is 12.